The molecule has 2 unspecified atom stereocenters. The first-order valence-electron chi connectivity index (χ1n) is 6.39. The third-order valence-electron chi connectivity index (χ3n) is 3.08. The topological polar surface area (TPSA) is 57.6 Å². The number of rotatable bonds is 4. The molecule has 1 aliphatic heterocycles. The van der Waals surface area contributed by atoms with E-state index in [0.29, 0.717) is 5.75 Å². The lowest BCUT2D eigenvalue weighted by atomic mass is 10.1. The van der Waals surface area contributed by atoms with Gasteiger partial charge in [0.05, 0.1) is 5.37 Å². The average Bonchev–Trinajstić information content (AvgIpc) is 3.04. The number of thioether (sulfide) groups is 1. The lowest BCUT2D eigenvalue weighted by Gasteiger charge is -2.28. The highest BCUT2D eigenvalue weighted by molar-refractivity contribution is 8.00. The Morgan fingerprint density at radius 3 is 2.80 bits per heavy atom. The fourth-order valence-electron chi connectivity index (χ4n) is 2.14. The minimum Gasteiger partial charge on any atom is -0.480 e. The minimum absolute atomic E-state index is 0.0726. The summed E-state index contributed by atoms with van der Waals surface area (Å²) in [5, 5.41) is 11.1. The second kappa shape index (κ2) is 6.45. The number of nitrogens with zero attached hydrogens (tertiary/aromatic N) is 1. The van der Waals surface area contributed by atoms with Crippen LogP contribution >= 0.6 is 23.1 Å². The zero-order chi connectivity index (χ0) is 14.7. The van der Waals surface area contributed by atoms with Gasteiger partial charge in [0.25, 0.3) is 0 Å². The molecule has 0 saturated carbocycles. The lowest BCUT2D eigenvalue weighted by molar-refractivity contribution is -0.147. The van der Waals surface area contributed by atoms with Crippen molar-refractivity contribution in [2.24, 2.45) is 5.92 Å². The van der Waals surface area contributed by atoms with Crippen molar-refractivity contribution in [3.05, 3.63) is 28.5 Å². The molecule has 0 radical (unpaired) electrons. The molecular weight excluding hydrogens is 294 g/mol. The summed E-state index contributed by atoms with van der Waals surface area (Å²) in [5.74, 6) is -0.479. The first-order valence-corrected chi connectivity index (χ1v) is 8.32. The van der Waals surface area contributed by atoms with Crippen LogP contribution in [0.4, 0.5) is 0 Å². The first-order chi connectivity index (χ1) is 9.50. The molecule has 2 atom stereocenters. The van der Waals surface area contributed by atoms with Crippen LogP contribution in [0.15, 0.2) is 23.6 Å². The molecule has 1 saturated heterocycles. The van der Waals surface area contributed by atoms with Gasteiger partial charge in [-0.2, -0.15) is 0 Å². The Balaban J connectivity index is 2.16. The second-order valence-electron chi connectivity index (χ2n) is 4.92. The van der Waals surface area contributed by atoms with Gasteiger partial charge in [0.2, 0.25) is 5.91 Å². The molecule has 6 heteroatoms. The monoisotopic (exact) mass is 311 g/mol. The third-order valence-corrected chi connectivity index (χ3v) is 5.54. The standard InChI is InChI=1S/C14H17NO3S2/c1-9(2)13-15(11(8-20-13)14(17)18)12(16)6-5-10-4-3-7-19-10/h3-7,9,11,13H,8H2,1-2H3,(H,17,18). The first kappa shape index (κ1) is 15.1. The fraction of sp³-hybridized carbons (Fsp3) is 0.429. The normalized spacial score (nSPS) is 22.9. The Morgan fingerprint density at radius 2 is 2.25 bits per heavy atom. The summed E-state index contributed by atoms with van der Waals surface area (Å²) in [4.78, 5) is 26.1. The fourth-order valence-corrected chi connectivity index (χ4v) is 4.23. The zero-order valence-corrected chi connectivity index (χ0v) is 13.0. The van der Waals surface area contributed by atoms with E-state index < -0.39 is 12.0 Å². The van der Waals surface area contributed by atoms with Gasteiger partial charge < -0.3 is 10.0 Å². The van der Waals surface area contributed by atoms with E-state index in [1.807, 2.05) is 31.4 Å². The van der Waals surface area contributed by atoms with Crippen molar-refractivity contribution in [1.29, 1.82) is 0 Å². The summed E-state index contributed by atoms with van der Waals surface area (Å²) in [7, 11) is 0. The van der Waals surface area contributed by atoms with Gasteiger partial charge in [-0.05, 0) is 23.4 Å². The summed E-state index contributed by atoms with van der Waals surface area (Å²) in [5.41, 5.74) is 0. The zero-order valence-electron chi connectivity index (χ0n) is 11.4. The summed E-state index contributed by atoms with van der Waals surface area (Å²) >= 11 is 3.08. The molecule has 1 amide bonds. The Bertz CT molecular complexity index is 510. The SMILES string of the molecule is CC(C)C1SCC(C(=O)O)N1C(=O)C=Cc1cccs1. The molecule has 2 rings (SSSR count). The number of carboxylic acid groups (broad SMARTS) is 1. The summed E-state index contributed by atoms with van der Waals surface area (Å²) in [6.07, 6.45) is 3.22. The summed E-state index contributed by atoms with van der Waals surface area (Å²) in [6, 6.07) is 3.10. The third kappa shape index (κ3) is 3.24. The summed E-state index contributed by atoms with van der Waals surface area (Å²) in [6.45, 7) is 4.01. The van der Waals surface area contributed by atoms with Gasteiger partial charge in [0, 0.05) is 16.7 Å². The quantitative estimate of drug-likeness (QED) is 0.869. The van der Waals surface area contributed by atoms with Gasteiger partial charge in [-0.25, -0.2) is 4.79 Å². The predicted molar refractivity (Wildman–Crippen MR) is 82.7 cm³/mol. The van der Waals surface area contributed by atoms with Crippen LogP contribution in [0.3, 0.4) is 0 Å². The van der Waals surface area contributed by atoms with Gasteiger partial charge in [-0.15, -0.1) is 23.1 Å². The Morgan fingerprint density at radius 1 is 1.50 bits per heavy atom. The van der Waals surface area contributed by atoms with Gasteiger partial charge >= 0.3 is 5.97 Å². The molecular formula is C14H17NO3S2. The van der Waals surface area contributed by atoms with Crippen LogP contribution in [0.5, 0.6) is 0 Å². The molecule has 0 spiro atoms. The number of amides is 1. The number of carbonyl (C=O) groups excluding carboxylic acids is 1. The maximum Gasteiger partial charge on any atom is 0.327 e. The Labute approximate surface area is 126 Å². The van der Waals surface area contributed by atoms with E-state index in [-0.39, 0.29) is 17.2 Å². The molecule has 1 fully saturated rings. The van der Waals surface area contributed by atoms with E-state index in [9.17, 15) is 14.7 Å². The number of carboxylic acids is 1. The molecule has 108 valence electrons. The highest BCUT2D eigenvalue weighted by Crippen LogP contribution is 2.34. The van der Waals surface area contributed by atoms with Crippen LogP contribution in [0.2, 0.25) is 0 Å². The molecule has 1 N–H and O–H groups in total. The Hall–Kier alpha value is -1.27. The van der Waals surface area contributed by atoms with Gasteiger partial charge in [-0.1, -0.05) is 19.9 Å². The molecule has 1 aromatic heterocycles. The van der Waals surface area contributed by atoms with Crippen molar-refractivity contribution in [2.75, 3.05) is 5.75 Å². The van der Waals surface area contributed by atoms with Gasteiger partial charge in [-0.3, -0.25) is 4.79 Å². The van der Waals surface area contributed by atoms with Crippen LogP contribution in [0.25, 0.3) is 6.08 Å². The van der Waals surface area contributed by atoms with Crippen LogP contribution in [0.1, 0.15) is 18.7 Å². The molecule has 0 bridgehead atoms. The van der Waals surface area contributed by atoms with E-state index in [2.05, 4.69) is 0 Å². The Kier molecular flexibility index (Phi) is 4.88. The van der Waals surface area contributed by atoms with E-state index in [1.54, 1.807) is 17.4 Å². The highest BCUT2D eigenvalue weighted by Gasteiger charge is 2.41. The van der Waals surface area contributed by atoms with Crippen LogP contribution in [-0.2, 0) is 9.59 Å². The molecule has 4 nitrogen and oxygen atoms in total. The number of aliphatic carboxylic acids is 1. The van der Waals surface area contributed by atoms with Crippen molar-refractivity contribution < 1.29 is 14.7 Å². The largest absolute Gasteiger partial charge is 0.480 e. The van der Waals surface area contributed by atoms with Gasteiger partial charge in [0.15, 0.2) is 0 Å². The second-order valence-corrected chi connectivity index (χ2v) is 7.05. The van der Waals surface area contributed by atoms with Crippen LogP contribution in [0, 0.1) is 5.92 Å². The van der Waals surface area contributed by atoms with E-state index >= 15 is 0 Å². The molecule has 0 aliphatic carbocycles. The number of carbonyl (C=O) groups is 2. The molecule has 0 aromatic carbocycles. The molecule has 1 aromatic rings. The van der Waals surface area contributed by atoms with Gasteiger partial charge in [0.1, 0.15) is 6.04 Å². The van der Waals surface area contributed by atoms with E-state index in [4.69, 9.17) is 0 Å². The maximum atomic E-state index is 12.3. The molecule has 2 heterocycles. The van der Waals surface area contributed by atoms with Crippen molar-refractivity contribution >= 4 is 41.1 Å². The van der Waals surface area contributed by atoms with E-state index in [0.717, 1.165) is 4.88 Å². The average molecular weight is 311 g/mol. The molecule has 20 heavy (non-hydrogen) atoms. The van der Waals surface area contributed by atoms with Crippen LogP contribution < -0.4 is 0 Å². The molecule has 1 aliphatic rings. The predicted octanol–water partition coefficient (Wildman–Crippen LogP) is 2.77. The smallest absolute Gasteiger partial charge is 0.327 e. The number of hydrogen-bond donors (Lipinski definition) is 1. The van der Waals surface area contributed by atoms with Crippen molar-refractivity contribution in [2.45, 2.75) is 25.3 Å². The van der Waals surface area contributed by atoms with Crippen LogP contribution in [-0.4, -0.2) is 39.1 Å². The maximum absolute atomic E-state index is 12.3. The van der Waals surface area contributed by atoms with Crippen molar-refractivity contribution in [3.8, 4) is 0 Å². The number of hydrogen-bond acceptors (Lipinski definition) is 4. The minimum atomic E-state index is -0.932. The lowest BCUT2D eigenvalue weighted by Crippen LogP contribution is -2.46. The van der Waals surface area contributed by atoms with E-state index in [1.165, 1.54) is 22.7 Å². The highest BCUT2D eigenvalue weighted by atomic mass is 32.2. The van der Waals surface area contributed by atoms with Crippen molar-refractivity contribution in [1.82, 2.24) is 4.90 Å². The number of thiophene rings is 1. The summed E-state index contributed by atoms with van der Waals surface area (Å²) < 4.78 is 0. The van der Waals surface area contributed by atoms with Crippen molar-refractivity contribution in [3.63, 3.8) is 0 Å².